The predicted octanol–water partition coefficient (Wildman–Crippen LogP) is 1.13. The molecule has 0 radical (unpaired) electrons. The molecule has 0 spiro atoms. The lowest BCUT2D eigenvalue weighted by Gasteiger charge is -1.99. The first-order valence-electron chi connectivity index (χ1n) is 2.99. The largest absolute Gasteiger partial charge is 0.368 e. The average molecular weight is 158 g/mol. The van der Waals surface area contributed by atoms with E-state index in [9.17, 15) is 0 Å². The van der Waals surface area contributed by atoms with Crippen molar-refractivity contribution in [3.8, 4) is 0 Å². The Labute approximate surface area is 64.5 Å². The first kappa shape index (κ1) is 7.28. The molecule has 0 aliphatic heterocycles. The molecular weight excluding hydrogens is 150 g/mol. The molecule has 1 aromatic rings. The van der Waals surface area contributed by atoms with Crippen molar-refractivity contribution in [1.29, 1.82) is 0 Å². The van der Waals surface area contributed by atoms with Gasteiger partial charge in [-0.3, -0.25) is 4.98 Å². The van der Waals surface area contributed by atoms with Crippen LogP contribution in [0.5, 0.6) is 0 Å². The highest BCUT2D eigenvalue weighted by Gasteiger charge is 1.87. The SMILES string of the molecule is ClCCNc1cnccn1. The molecule has 0 aliphatic carbocycles. The summed E-state index contributed by atoms with van der Waals surface area (Å²) in [6.45, 7) is 0.722. The molecule has 1 N–H and O–H groups in total. The standard InChI is InChI=1S/C6H8ClN3/c7-1-2-9-6-5-8-3-4-10-6/h3-5H,1-2H2,(H,9,10). The van der Waals surface area contributed by atoms with E-state index in [1.807, 2.05) is 0 Å². The average Bonchev–Trinajstić information content (AvgIpc) is 2.03. The number of halogens is 1. The molecule has 0 fully saturated rings. The van der Waals surface area contributed by atoms with E-state index >= 15 is 0 Å². The number of rotatable bonds is 3. The highest BCUT2D eigenvalue weighted by Crippen LogP contribution is 1.95. The first-order valence-corrected chi connectivity index (χ1v) is 3.53. The molecule has 1 aromatic heterocycles. The summed E-state index contributed by atoms with van der Waals surface area (Å²) in [5.41, 5.74) is 0. The van der Waals surface area contributed by atoms with E-state index in [0.29, 0.717) is 5.88 Å². The van der Waals surface area contributed by atoms with Crippen LogP contribution < -0.4 is 5.32 Å². The van der Waals surface area contributed by atoms with Gasteiger partial charge in [-0.05, 0) is 0 Å². The second-order valence-corrected chi connectivity index (χ2v) is 2.08. The number of anilines is 1. The Balaban J connectivity index is 2.43. The van der Waals surface area contributed by atoms with Crippen LogP contribution in [0.15, 0.2) is 18.6 Å². The molecule has 0 unspecified atom stereocenters. The molecule has 10 heavy (non-hydrogen) atoms. The lowest BCUT2D eigenvalue weighted by molar-refractivity contribution is 1.12. The summed E-state index contributed by atoms with van der Waals surface area (Å²) in [5, 5.41) is 2.99. The Kier molecular flexibility index (Phi) is 2.96. The molecule has 0 bridgehead atoms. The zero-order valence-electron chi connectivity index (χ0n) is 5.42. The maximum Gasteiger partial charge on any atom is 0.144 e. The third-order valence-electron chi connectivity index (χ3n) is 0.964. The highest BCUT2D eigenvalue weighted by molar-refractivity contribution is 6.18. The molecule has 0 aliphatic rings. The zero-order chi connectivity index (χ0) is 7.23. The van der Waals surface area contributed by atoms with Gasteiger partial charge in [-0.15, -0.1) is 11.6 Å². The molecule has 0 atom stereocenters. The molecule has 0 aromatic carbocycles. The van der Waals surface area contributed by atoms with E-state index in [1.165, 1.54) is 0 Å². The molecule has 0 amide bonds. The fourth-order valence-corrected chi connectivity index (χ4v) is 0.660. The van der Waals surface area contributed by atoms with Crippen molar-refractivity contribution in [2.45, 2.75) is 0 Å². The fraction of sp³-hybridized carbons (Fsp3) is 0.333. The minimum Gasteiger partial charge on any atom is -0.368 e. The van der Waals surface area contributed by atoms with Crippen molar-refractivity contribution in [3.05, 3.63) is 18.6 Å². The van der Waals surface area contributed by atoms with Crippen LogP contribution in [0.2, 0.25) is 0 Å². The van der Waals surface area contributed by atoms with Gasteiger partial charge >= 0.3 is 0 Å². The van der Waals surface area contributed by atoms with E-state index in [4.69, 9.17) is 11.6 Å². The van der Waals surface area contributed by atoms with Crippen LogP contribution in [0.25, 0.3) is 0 Å². The molecule has 0 saturated heterocycles. The summed E-state index contributed by atoms with van der Waals surface area (Å²) in [7, 11) is 0. The fourth-order valence-electron chi connectivity index (χ4n) is 0.566. The van der Waals surface area contributed by atoms with Crippen LogP contribution >= 0.6 is 11.6 Å². The van der Waals surface area contributed by atoms with Crippen molar-refractivity contribution in [1.82, 2.24) is 9.97 Å². The van der Waals surface area contributed by atoms with Gasteiger partial charge in [0.2, 0.25) is 0 Å². The first-order chi connectivity index (χ1) is 4.93. The van der Waals surface area contributed by atoms with Gasteiger partial charge in [0, 0.05) is 24.8 Å². The lowest BCUT2D eigenvalue weighted by atomic mass is 10.6. The van der Waals surface area contributed by atoms with Crippen LogP contribution in [0.1, 0.15) is 0 Å². The molecule has 54 valence electrons. The van der Waals surface area contributed by atoms with Crippen LogP contribution in [0.4, 0.5) is 5.82 Å². The number of alkyl halides is 1. The van der Waals surface area contributed by atoms with Gasteiger partial charge in [-0.2, -0.15) is 0 Å². The molecule has 0 saturated carbocycles. The minimum absolute atomic E-state index is 0.580. The Hall–Kier alpha value is -0.830. The summed E-state index contributed by atoms with van der Waals surface area (Å²) in [6, 6.07) is 0. The minimum atomic E-state index is 0.580. The number of hydrogen-bond acceptors (Lipinski definition) is 3. The molecular formula is C6H8ClN3. The van der Waals surface area contributed by atoms with Crippen molar-refractivity contribution < 1.29 is 0 Å². The molecule has 1 rings (SSSR count). The topological polar surface area (TPSA) is 37.8 Å². The van der Waals surface area contributed by atoms with Crippen LogP contribution in [0, 0.1) is 0 Å². The van der Waals surface area contributed by atoms with Gasteiger partial charge in [0.05, 0.1) is 6.20 Å². The van der Waals surface area contributed by atoms with Crippen molar-refractivity contribution >= 4 is 17.4 Å². The van der Waals surface area contributed by atoms with Crippen molar-refractivity contribution in [2.24, 2.45) is 0 Å². The molecule has 1 heterocycles. The number of hydrogen-bond donors (Lipinski definition) is 1. The summed E-state index contributed by atoms with van der Waals surface area (Å²) >= 11 is 5.44. The maximum atomic E-state index is 5.44. The Morgan fingerprint density at radius 1 is 1.50 bits per heavy atom. The van der Waals surface area contributed by atoms with E-state index in [0.717, 1.165) is 12.4 Å². The van der Waals surface area contributed by atoms with E-state index in [1.54, 1.807) is 18.6 Å². The Morgan fingerprint density at radius 3 is 3.00 bits per heavy atom. The van der Waals surface area contributed by atoms with Gasteiger partial charge < -0.3 is 5.32 Å². The zero-order valence-corrected chi connectivity index (χ0v) is 6.17. The normalized spacial score (nSPS) is 9.30. The Bertz CT molecular complexity index is 178. The van der Waals surface area contributed by atoms with Crippen molar-refractivity contribution in [3.63, 3.8) is 0 Å². The molecule has 3 nitrogen and oxygen atoms in total. The van der Waals surface area contributed by atoms with E-state index in [2.05, 4.69) is 15.3 Å². The molecule has 4 heteroatoms. The summed E-state index contributed by atoms with van der Waals surface area (Å²) in [6.07, 6.45) is 4.93. The Morgan fingerprint density at radius 2 is 2.40 bits per heavy atom. The number of nitrogens with zero attached hydrogens (tertiary/aromatic N) is 2. The smallest absolute Gasteiger partial charge is 0.144 e. The summed E-state index contributed by atoms with van der Waals surface area (Å²) in [4.78, 5) is 7.85. The van der Waals surface area contributed by atoms with Crippen molar-refractivity contribution in [2.75, 3.05) is 17.7 Å². The highest BCUT2D eigenvalue weighted by atomic mass is 35.5. The summed E-state index contributed by atoms with van der Waals surface area (Å²) in [5.74, 6) is 1.35. The van der Waals surface area contributed by atoms with Gasteiger partial charge in [0.15, 0.2) is 0 Å². The number of nitrogens with one attached hydrogen (secondary N) is 1. The van der Waals surface area contributed by atoms with Gasteiger partial charge in [-0.25, -0.2) is 4.98 Å². The second-order valence-electron chi connectivity index (χ2n) is 1.71. The second kappa shape index (κ2) is 4.06. The van der Waals surface area contributed by atoms with E-state index < -0.39 is 0 Å². The number of aromatic nitrogens is 2. The van der Waals surface area contributed by atoms with Crippen LogP contribution in [-0.2, 0) is 0 Å². The van der Waals surface area contributed by atoms with Gasteiger partial charge in [0.1, 0.15) is 5.82 Å². The third-order valence-corrected chi connectivity index (χ3v) is 1.15. The lowest BCUT2D eigenvalue weighted by Crippen LogP contribution is -2.03. The predicted molar refractivity (Wildman–Crippen MR) is 41.2 cm³/mol. The summed E-state index contributed by atoms with van der Waals surface area (Å²) < 4.78 is 0. The van der Waals surface area contributed by atoms with E-state index in [-0.39, 0.29) is 0 Å². The monoisotopic (exact) mass is 157 g/mol. The van der Waals surface area contributed by atoms with Gasteiger partial charge in [-0.1, -0.05) is 0 Å². The van der Waals surface area contributed by atoms with Gasteiger partial charge in [0.25, 0.3) is 0 Å². The maximum absolute atomic E-state index is 5.44. The quantitative estimate of drug-likeness (QED) is 0.669. The third kappa shape index (κ3) is 2.19. The van der Waals surface area contributed by atoms with Crippen LogP contribution in [0.3, 0.4) is 0 Å². The van der Waals surface area contributed by atoms with Crippen LogP contribution in [-0.4, -0.2) is 22.4 Å².